The van der Waals surface area contributed by atoms with Gasteiger partial charge in [0.2, 0.25) is 0 Å². The van der Waals surface area contributed by atoms with Gasteiger partial charge in [-0.3, -0.25) is 0 Å². The van der Waals surface area contributed by atoms with Gasteiger partial charge < -0.3 is 20.1 Å². The third-order valence-corrected chi connectivity index (χ3v) is 3.46. The molecule has 22 heavy (non-hydrogen) atoms. The largest absolute Gasteiger partial charge is 0.489 e. The number of hydrogen-bond acceptors (Lipinski definition) is 4. The van der Waals surface area contributed by atoms with Crippen LogP contribution in [0.15, 0.2) is 24.3 Å². The summed E-state index contributed by atoms with van der Waals surface area (Å²) in [4.78, 5) is 13.7. The van der Waals surface area contributed by atoms with E-state index in [4.69, 9.17) is 15.2 Å². The fourth-order valence-corrected chi connectivity index (χ4v) is 2.41. The van der Waals surface area contributed by atoms with E-state index in [0.717, 1.165) is 18.6 Å². The summed E-state index contributed by atoms with van der Waals surface area (Å²) in [5.41, 5.74) is 6.28. The standard InChI is InChI=1S/C17H26N2O3/c1-17(2,3)22-16(20)19-11-9-15(12-19)21-14-6-4-13(5-7-14)8-10-18/h4-7,15H,8-12,18H2,1-3H3. The van der Waals surface area contributed by atoms with Crippen LogP contribution in [0.2, 0.25) is 0 Å². The van der Waals surface area contributed by atoms with Crippen molar-refractivity contribution in [3.63, 3.8) is 0 Å². The first-order valence-electron chi connectivity index (χ1n) is 7.81. The van der Waals surface area contributed by atoms with Gasteiger partial charge in [-0.2, -0.15) is 0 Å². The number of rotatable bonds is 4. The second-order valence-electron chi connectivity index (χ2n) is 6.64. The number of nitrogens with zero attached hydrogens (tertiary/aromatic N) is 1. The van der Waals surface area contributed by atoms with Crippen molar-refractivity contribution in [2.45, 2.75) is 45.3 Å². The first kappa shape index (κ1) is 16.6. The van der Waals surface area contributed by atoms with Crippen molar-refractivity contribution in [3.8, 4) is 5.75 Å². The molecule has 0 saturated carbocycles. The maximum atomic E-state index is 12.0. The van der Waals surface area contributed by atoms with Gasteiger partial charge in [0.05, 0.1) is 6.54 Å². The van der Waals surface area contributed by atoms with Crippen molar-refractivity contribution in [3.05, 3.63) is 29.8 Å². The quantitative estimate of drug-likeness (QED) is 0.928. The van der Waals surface area contributed by atoms with Gasteiger partial charge in [-0.05, 0) is 51.4 Å². The summed E-state index contributed by atoms with van der Waals surface area (Å²) in [6.45, 7) is 7.51. The molecule has 5 nitrogen and oxygen atoms in total. The molecule has 5 heteroatoms. The Hall–Kier alpha value is -1.75. The summed E-state index contributed by atoms with van der Waals surface area (Å²) in [5.74, 6) is 0.830. The zero-order chi connectivity index (χ0) is 16.2. The first-order chi connectivity index (χ1) is 10.4. The van der Waals surface area contributed by atoms with E-state index in [0.29, 0.717) is 19.6 Å². The fraction of sp³-hybridized carbons (Fsp3) is 0.588. The van der Waals surface area contributed by atoms with E-state index in [1.807, 2.05) is 45.0 Å². The Morgan fingerprint density at radius 1 is 1.32 bits per heavy atom. The molecule has 0 bridgehead atoms. The highest BCUT2D eigenvalue weighted by Gasteiger charge is 2.30. The molecule has 0 spiro atoms. The Morgan fingerprint density at radius 3 is 2.59 bits per heavy atom. The van der Waals surface area contributed by atoms with Crippen LogP contribution in [-0.2, 0) is 11.2 Å². The lowest BCUT2D eigenvalue weighted by Gasteiger charge is -2.24. The number of ether oxygens (including phenoxy) is 2. The monoisotopic (exact) mass is 306 g/mol. The van der Waals surface area contributed by atoms with Crippen LogP contribution in [0.4, 0.5) is 4.79 Å². The van der Waals surface area contributed by atoms with E-state index in [-0.39, 0.29) is 12.2 Å². The molecule has 0 aromatic heterocycles. The molecule has 1 aromatic carbocycles. The van der Waals surface area contributed by atoms with Crippen molar-refractivity contribution in [1.82, 2.24) is 4.90 Å². The summed E-state index contributed by atoms with van der Waals surface area (Å²) >= 11 is 0. The Labute approximate surface area is 132 Å². The molecule has 1 aromatic rings. The van der Waals surface area contributed by atoms with Crippen molar-refractivity contribution < 1.29 is 14.3 Å². The Bertz CT molecular complexity index is 494. The van der Waals surface area contributed by atoms with E-state index >= 15 is 0 Å². The fourth-order valence-electron chi connectivity index (χ4n) is 2.41. The molecule has 122 valence electrons. The lowest BCUT2D eigenvalue weighted by molar-refractivity contribution is 0.0275. The van der Waals surface area contributed by atoms with Crippen LogP contribution >= 0.6 is 0 Å². The maximum absolute atomic E-state index is 12.0. The highest BCUT2D eigenvalue weighted by atomic mass is 16.6. The molecular weight excluding hydrogens is 280 g/mol. The third-order valence-electron chi connectivity index (χ3n) is 3.46. The second kappa shape index (κ2) is 7.01. The summed E-state index contributed by atoms with van der Waals surface area (Å²) in [7, 11) is 0. The van der Waals surface area contributed by atoms with Crippen molar-refractivity contribution in [2.24, 2.45) is 5.73 Å². The van der Waals surface area contributed by atoms with Crippen LogP contribution in [0.5, 0.6) is 5.75 Å². The molecule has 2 N–H and O–H groups in total. The van der Waals surface area contributed by atoms with E-state index in [2.05, 4.69) is 0 Å². The smallest absolute Gasteiger partial charge is 0.410 e. The lowest BCUT2D eigenvalue weighted by atomic mass is 10.1. The molecule has 1 heterocycles. The SMILES string of the molecule is CC(C)(C)OC(=O)N1CCC(Oc2ccc(CCN)cc2)C1. The second-order valence-corrected chi connectivity index (χ2v) is 6.64. The highest BCUT2D eigenvalue weighted by Crippen LogP contribution is 2.21. The maximum Gasteiger partial charge on any atom is 0.410 e. The van der Waals surface area contributed by atoms with Crippen molar-refractivity contribution in [2.75, 3.05) is 19.6 Å². The predicted octanol–water partition coefficient (Wildman–Crippen LogP) is 2.58. The molecular formula is C17H26N2O3. The summed E-state index contributed by atoms with van der Waals surface area (Å²) in [5, 5.41) is 0. The van der Waals surface area contributed by atoms with E-state index in [1.54, 1.807) is 4.90 Å². The summed E-state index contributed by atoms with van der Waals surface area (Å²) in [6.07, 6.45) is 1.45. The van der Waals surface area contributed by atoms with Crippen LogP contribution < -0.4 is 10.5 Å². The number of likely N-dealkylation sites (tertiary alicyclic amines) is 1. The van der Waals surface area contributed by atoms with Crippen LogP contribution in [0.3, 0.4) is 0 Å². The topological polar surface area (TPSA) is 64.8 Å². The molecule has 2 rings (SSSR count). The molecule has 1 fully saturated rings. The molecule has 1 atom stereocenters. The lowest BCUT2D eigenvalue weighted by Crippen LogP contribution is -2.36. The number of hydrogen-bond donors (Lipinski definition) is 1. The van der Waals surface area contributed by atoms with Gasteiger partial charge in [0, 0.05) is 13.0 Å². The Kier molecular flexibility index (Phi) is 5.29. The molecule has 0 aliphatic carbocycles. The van der Waals surface area contributed by atoms with Crippen LogP contribution in [0.1, 0.15) is 32.8 Å². The molecule has 1 aliphatic rings. The number of nitrogens with two attached hydrogens (primary N) is 1. The van der Waals surface area contributed by atoms with Gasteiger partial charge in [-0.1, -0.05) is 12.1 Å². The average Bonchev–Trinajstić information content (AvgIpc) is 2.88. The summed E-state index contributed by atoms with van der Waals surface area (Å²) in [6, 6.07) is 7.98. The van der Waals surface area contributed by atoms with E-state index in [9.17, 15) is 4.79 Å². The van der Waals surface area contributed by atoms with Crippen LogP contribution in [0.25, 0.3) is 0 Å². The normalized spacial score (nSPS) is 18.4. The Balaban J connectivity index is 1.84. The van der Waals surface area contributed by atoms with Crippen molar-refractivity contribution >= 4 is 6.09 Å². The molecule has 0 radical (unpaired) electrons. The number of carbonyl (C=O) groups excluding carboxylic acids is 1. The van der Waals surface area contributed by atoms with Gasteiger partial charge >= 0.3 is 6.09 Å². The van der Waals surface area contributed by atoms with Crippen molar-refractivity contribution in [1.29, 1.82) is 0 Å². The summed E-state index contributed by atoms with van der Waals surface area (Å²) < 4.78 is 11.3. The molecule has 1 aliphatic heterocycles. The first-order valence-corrected chi connectivity index (χ1v) is 7.81. The number of benzene rings is 1. The van der Waals surface area contributed by atoms with Crippen LogP contribution in [0, 0.1) is 0 Å². The zero-order valence-electron chi connectivity index (χ0n) is 13.7. The molecule has 1 unspecified atom stereocenters. The number of carbonyl (C=O) groups is 1. The minimum atomic E-state index is -0.463. The van der Waals surface area contributed by atoms with Gasteiger partial charge in [0.25, 0.3) is 0 Å². The number of amides is 1. The zero-order valence-corrected chi connectivity index (χ0v) is 13.7. The van der Waals surface area contributed by atoms with Crippen LogP contribution in [-0.4, -0.2) is 42.3 Å². The third kappa shape index (κ3) is 4.91. The van der Waals surface area contributed by atoms with Gasteiger partial charge in [0.15, 0.2) is 0 Å². The minimum Gasteiger partial charge on any atom is -0.489 e. The molecule has 1 saturated heterocycles. The van der Waals surface area contributed by atoms with Gasteiger partial charge in [0.1, 0.15) is 17.5 Å². The highest BCUT2D eigenvalue weighted by molar-refractivity contribution is 5.68. The average molecular weight is 306 g/mol. The minimum absolute atomic E-state index is 0.0212. The van der Waals surface area contributed by atoms with Gasteiger partial charge in [-0.15, -0.1) is 0 Å². The van der Waals surface area contributed by atoms with Gasteiger partial charge in [-0.25, -0.2) is 4.79 Å². The molecule has 1 amide bonds. The van der Waals surface area contributed by atoms with E-state index < -0.39 is 5.60 Å². The van der Waals surface area contributed by atoms with E-state index in [1.165, 1.54) is 5.56 Å². The Morgan fingerprint density at radius 2 is 2.00 bits per heavy atom. The predicted molar refractivity (Wildman–Crippen MR) is 86.0 cm³/mol.